The Morgan fingerprint density at radius 1 is 1.21 bits per heavy atom. The highest BCUT2D eigenvalue weighted by molar-refractivity contribution is 7.88. The monoisotopic (exact) mass is 219 g/mol. The molecule has 0 saturated heterocycles. The second-order valence-electron chi connectivity index (χ2n) is 4.33. The van der Waals surface area contributed by atoms with Gasteiger partial charge in [-0.15, -0.1) is 0 Å². The van der Waals surface area contributed by atoms with Gasteiger partial charge in [-0.25, -0.2) is 13.1 Å². The van der Waals surface area contributed by atoms with Gasteiger partial charge in [0.15, 0.2) is 0 Å². The van der Waals surface area contributed by atoms with Gasteiger partial charge in [0.05, 0.1) is 6.26 Å². The Kier molecular flexibility index (Phi) is 4.38. The SMILES string of the molecule is CCC1CCCCC1CNS(C)(=O)=O. The van der Waals surface area contributed by atoms with Crippen LogP contribution < -0.4 is 4.72 Å². The summed E-state index contributed by atoms with van der Waals surface area (Å²) in [6.07, 6.45) is 7.43. The van der Waals surface area contributed by atoms with E-state index in [1.165, 1.54) is 38.4 Å². The van der Waals surface area contributed by atoms with E-state index in [-0.39, 0.29) is 0 Å². The van der Waals surface area contributed by atoms with Crippen LogP contribution in [0.4, 0.5) is 0 Å². The van der Waals surface area contributed by atoms with E-state index in [2.05, 4.69) is 11.6 Å². The molecule has 1 aliphatic carbocycles. The fourth-order valence-corrected chi connectivity index (χ4v) is 2.87. The summed E-state index contributed by atoms with van der Waals surface area (Å²) in [6.45, 7) is 2.83. The van der Waals surface area contributed by atoms with Crippen molar-refractivity contribution in [2.75, 3.05) is 12.8 Å². The van der Waals surface area contributed by atoms with Crippen molar-refractivity contribution in [2.45, 2.75) is 39.0 Å². The first-order chi connectivity index (χ1) is 6.53. The lowest BCUT2D eigenvalue weighted by Gasteiger charge is -2.30. The predicted molar refractivity (Wildman–Crippen MR) is 58.6 cm³/mol. The largest absolute Gasteiger partial charge is 0.215 e. The molecular weight excluding hydrogens is 198 g/mol. The van der Waals surface area contributed by atoms with Crippen molar-refractivity contribution < 1.29 is 8.42 Å². The summed E-state index contributed by atoms with van der Waals surface area (Å²) in [5, 5.41) is 0. The van der Waals surface area contributed by atoms with Crippen molar-refractivity contribution >= 4 is 10.0 Å². The van der Waals surface area contributed by atoms with Gasteiger partial charge >= 0.3 is 0 Å². The van der Waals surface area contributed by atoms with Crippen molar-refractivity contribution in [1.82, 2.24) is 4.72 Å². The Hall–Kier alpha value is -0.0900. The predicted octanol–water partition coefficient (Wildman–Crippen LogP) is 1.75. The average Bonchev–Trinajstić information content (AvgIpc) is 2.14. The molecule has 0 aliphatic heterocycles. The van der Waals surface area contributed by atoms with Crippen LogP contribution >= 0.6 is 0 Å². The molecule has 3 nitrogen and oxygen atoms in total. The van der Waals surface area contributed by atoms with E-state index in [1.54, 1.807) is 0 Å². The van der Waals surface area contributed by atoms with Crippen molar-refractivity contribution in [3.8, 4) is 0 Å². The van der Waals surface area contributed by atoms with Crippen LogP contribution in [-0.4, -0.2) is 21.2 Å². The summed E-state index contributed by atoms with van der Waals surface area (Å²) in [4.78, 5) is 0. The first kappa shape index (κ1) is 12.0. The van der Waals surface area contributed by atoms with Gasteiger partial charge in [-0.1, -0.05) is 32.6 Å². The second-order valence-corrected chi connectivity index (χ2v) is 6.17. The molecule has 2 atom stereocenters. The van der Waals surface area contributed by atoms with Crippen molar-refractivity contribution in [2.24, 2.45) is 11.8 Å². The molecule has 14 heavy (non-hydrogen) atoms. The minimum absolute atomic E-state index is 0.559. The van der Waals surface area contributed by atoms with Crippen LogP contribution in [-0.2, 0) is 10.0 Å². The maximum absolute atomic E-state index is 11.0. The summed E-state index contributed by atoms with van der Waals surface area (Å²) in [5.41, 5.74) is 0. The number of nitrogens with one attached hydrogen (secondary N) is 1. The molecule has 1 N–H and O–H groups in total. The van der Waals surface area contributed by atoms with E-state index in [9.17, 15) is 8.42 Å². The van der Waals surface area contributed by atoms with Crippen LogP contribution in [0.1, 0.15) is 39.0 Å². The maximum atomic E-state index is 11.0. The first-order valence-electron chi connectivity index (χ1n) is 5.47. The number of sulfonamides is 1. The van der Waals surface area contributed by atoms with Crippen LogP contribution in [0, 0.1) is 11.8 Å². The standard InChI is InChI=1S/C10H21NO2S/c1-3-9-6-4-5-7-10(9)8-11-14(2,12)13/h9-11H,3-8H2,1-2H3. The van der Waals surface area contributed by atoms with Crippen LogP contribution in [0.5, 0.6) is 0 Å². The summed E-state index contributed by atoms with van der Waals surface area (Å²) >= 11 is 0. The summed E-state index contributed by atoms with van der Waals surface area (Å²) < 4.78 is 24.5. The summed E-state index contributed by atoms with van der Waals surface area (Å²) in [5.74, 6) is 1.28. The molecule has 84 valence electrons. The second kappa shape index (κ2) is 5.12. The molecule has 0 bridgehead atoms. The van der Waals surface area contributed by atoms with E-state index in [4.69, 9.17) is 0 Å². The Morgan fingerprint density at radius 3 is 2.29 bits per heavy atom. The molecule has 0 spiro atoms. The zero-order chi connectivity index (χ0) is 10.6. The minimum atomic E-state index is -3.01. The highest BCUT2D eigenvalue weighted by Crippen LogP contribution is 2.31. The molecule has 4 heteroatoms. The molecule has 0 heterocycles. The minimum Gasteiger partial charge on any atom is -0.215 e. The number of rotatable bonds is 4. The molecule has 1 fully saturated rings. The zero-order valence-electron chi connectivity index (χ0n) is 9.12. The third kappa shape index (κ3) is 3.96. The van der Waals surface area contributed by atoms with E-state index in [1.807, 2.05) is 0 Å². The lowest BCUT2D eigenvalue weighted by molar-refractivity contribution is 0.232. The van der Waals surface area contributed by atoms with Crippen LogP contribution in [0.3, 0.4) is 0 Å². The molecule has 1 aliphatic rings. The molecule has 2 unspecified atom stereocenters. The molecule has 0 radical (unpaired) electrons. The molecule has 0 aromatic carbocycles. The molecule has 0 amide bonds. The van der Waals surface area contributed by atoms with E-state index in [0.717, 1.165) is 5.92 Å². The van der Waals surface area contributed by atoms with Crippen LogP contribution in [0.25, 0.3) is 0 Å². The average molecular weight is 219 g/mol. The van der Waals surface area contributed by atoms with Crippen molar-refractivity contribution in [3.63, 3.8) is 0 Å². The molecule has 0 aromatic rings. The first-order valence-corrected chi connectivity index (χ1v) is 7.36. The number of hydrogen-bond donors (Lipinski definition) is 1. The van der Waals surface area contributed by atoms with Gasteiger partial charge in [0.2, 0.25) is 10.0 Å². The zero-order valence-corrected chi connectivity index (χ0v) is 9.94. The third-order valence-electron chi connectivity index (χ3n) is 3.20. The molecule has 0 aromatic heterocycles. The smallest absolute Gasteiger partial charge is 0.208 e. The third-order valence-corrected chi connectivity index (χ3v) is 3.89. The Labute approximate surface area is 87.3 Å². The van der Waals surface area contributed by atoms with E-state index < -0.39 is 10.0 Å². The van der Waals surface area contributed by atoms with E-state index >= 15 is 0 Å². The number of hydrogen-bond acceptors (Lipinski definition) is 2. The van der Waals surface area contributed by atoms with Gasteiger partial charge in [0, 0.05) is 6.54 Å². The lowest BCUT2D eigenvalue weighted by Crippen LogP contribution is -2.33. The quantitative estimate of drug-likeness (QED) is 0.783. The molecule has 1 saturated carbocycles. The normalized spacial score (nSPS) is 29.0. The molecular formula is C10H21NO2S. The lowest BCUT2D eigenvalue weighted by atomic mass is 9.78. The highest BCUT2D eigenvalue weighted by Gasteiger charge is 2.23. The Balaban J connectivity index is 2.41. The van der Waals surface area contributed by atoms with Crippen molar-refractivity contribution in [1.29, 1.82) is 0 Å². The topological polar surface area (TPSA) is 46.2 Å². The van der Waals surface area contributed by atoms with Crippen molar-refractivity contribution in [3.05, 3.63) is 0 Å². The maximum Gasteiger partial charge on any atom is 0.208 e. The summed E-state index contributed by atoms with van der Waals surface area (Å²) in [7, 11) is -3.01. The van der Waals surface area contributed by atoms with Gasteiger partial charge in [0.1, 0.15) is 0 Å². The van der Waals surface area contributed by atoms with Gasteiger partial charge in [-0.05, 0) is 18.3 Å². The fourth-order valence-electron chi connectivity index (χ4n) is 2.35. The summed E-state index contributed by atoms with van der Waals surface area (Å²) in [6, 6.07) is 0. The van der Waals surface area contributed by atoms with Gasteiger partial charge < -0.3 is 0 Å². The van der Waals surface area contributed by atoms with E-state index in [0.29, 0.717) is 12.5 Å². The Bertz CT molecular complexity index is 261. The van der Waals surface area contributed by atoms with Gasteiger partial charge in [-0.3, -0.25) is 0 Å². The van der Waals surface area contributed by atoms with Crippen LogP contribution in [0.2, 0.25) is 0 Å². The van der Waals surface area contributed by atoms with Crippen LogP contribution in [0.15, 0.2) is 0 Å². The highest BCUT2D eigenvalue weighted by atomic mass is 32.2. The van der Waals surface area contributed by atoms with Gasteiger partial charge in [-0.2, -0.15) is 0 Å². The fraction of sp³-hybridized carbons (Fsp3) is 1.00. The molecule has 1 rings (SSSR count). The Morgan fingerprint density at radius 2 is 1.79 bits per heavy atom. The van der Waals surface area contributed by atoms with Gasteiger partial charge in [0.25, 0.3) is 0 Å².